The minimum Gasteiger partial charge on any atom is -0.383 e. The molecule has 1 heteroatoms. The van der Waals surface area contributed by atoms with E-state index in [1.807, 2.05) is 65.9 Å². The second kappa shape index (κ2) is 16.7. The Morgan fingerprint density at radius 1 is 1.08 bits per heavy atom. The number of hydrogen-bond donors (Lipinski definition) is 0. The fourth-order valence-corrected chi connectivity index (χ4v) is 0.460. The first-order valence-corrected chi connectivity index (χ1v) is 4.64. The van der Waals surface area contributed by atoms with E-state index in [1.54, 1.807) is 0 Å². The third kappa shape index (κ3) is 22.8. The van der Waals surface area contributed by atoms with Gasteiger partial charge in [-0.15, -0.1) is 0 Å². The lowest BCUT2D eigenvalue weighted by Gasteiger charge is -2.03. The van der Waals surface area contributed by atoms with Crippen LogP contribution in [0.5, 0.6) is 0 Å². The number of hydrogen-bond acceptors (Lipinski definition) is 1. The van der Waals surface area contributed by atoms with Crippen LogP contribution in [0.4, 0.5) is 0 Å². The van der Waals surface area contributed by atoms with Crippen molar-refractivity contribution < 1.29 is 0 Å². The van der Waals surface area contributed by atoms with Gasteiger partial charge in [-0.3, -0.25) is 0 Å². The summed E-state index contributed by atoms with van der Waals surface area (Å²) in [5.74, 6) is 0. The highest BCUT2D eigenvalue weighted by atomic mass is 15.0. The first-order chi connectivity index (χ1) is 5.66. The van der Waals surface area contributed by atoms with E-state index in [0.29, 0.717) is 0 Å². The molecule has 0 aromatic heterocycles. The molecule has 0 atom stereocenters. The molecule has 0 unspecified atom stereocenters. The first kappa shape index (κ1) is 17.4. The molecule has 0 spiro atoms. The molecule has 0 aromatic rings. The largest absolute Gasteiger partial charge is 0.383 e. The van der Waals surface area contributed by atoms with Gasteiger partial charge in [-0.2, -0.15) is 0 Å². The molecular weight excluding hydrogens is 146 g/mol. The quantitative estimate of drug-likeness (QED) is 0.573. The third-order valence-corrected chi connectivity index (χ3v) is 0.784. The minimum absolute atomic E-state index is 1.19. The maximum Gasteiger partial charge on any atom is 0.00557 e. The van der Waals surface area contributed by atoms with Crippen molar-refractivity contribution in [1.82, 2.24) is 4.90 Å². The zero-order chi connectivity index (χ0) is 10.6. The number of rotatable bonds is 2. The lowest BCUT2D eigenvalue weighted by molar-refractivity contribution is 0.560. The van der Waals surface area contributed by atoms with Crippen molar-refractivity contribution in [1.29, 1.82) is 0 Å². The molecule has 0 radical (unpaired) electrons. The van der Waals surface area contributed by atoms with Gasteiger partial charge in [0.05, 0.1) is 0 Å². The summed E-state index contributed by atoms with van der Waals surface area (Å²) in [4.78, 5) is 2.00. The van der Waals surface area contributed by atoms with E-state index in [-0.39, 0.29) is 0 Å². The van der Waals surface area contributed by atoms with E-state index in [1.165, 1.54) is 5.57 Å². The van der Waals surface area contributed by atoms with E-state index in [2.05, 4.69) is 6.58 Å². The number of allylic oxidation sites excluding steroid dienone is 2. The smallest absolute Gasteiger partial charge is 0.00557 e. The standard InChI is InChI=1S/C7H13N.2C2H6/c1-5-7(2)6-8(3)4;2*1-2/h5-6H,1H2,2-4H3;2*1-2H3/b7-6-;;. The minimum atomic E-state index is 1.19. The summed E-state index contributed by atoms with van der Waals surface area (Å²) in [7, 11) is 3.99. The van der Waals surface area contributed by atoms with Gasteiger partial charge in [-0.25, -0.2) is 0 Å². The van der Waals surface area contributed by atoms with Gasteiger partial charge in [-0.05, 0) is 12.5 Å². The predicted molar refractivity (Wildman–Crippen MR) is 60.3 cm³/mol. The molecule has 1 nitrogen and oxygen atoms in total. The van der Waals surface area contributed by atoms with Crippen molar-refractivity contribution in [3.05, 3.63) is 24.4 Å². The Morgan fingerprint density at radius 3 is 1.50 bits per heavy atom. The summed E-state index contributed by atoms with van der Waals surface area (Å²) in [5.41, 5.74) is 1.19. The molecule has 0 aliphatic heterocycles. The average Bonchev–Trinajstić information content (AvgIpc) is 2.10. The van der Waals surface area contributed by atoms with Gasteiger partial charge in [0.15, 0.2) is 0 Å². The highest BCUT2D eigenvalue weighted by Gasteiger charge is 1.78. The van der Waals surface area contributed by atoms with Crippen LogP contribution in [-0.2, 0) is 0 Å². The molecule has 0 saturated heterocycles. The highest BCUT2D eigenvalue weighted by Crippen LogP contribution is 1.92. The van der Waals surface area contributed by atoms with Crippen LogP contribution in [0.1, 0.15) is 34.6 Å². The van der Waals surface area contributed by atoms with Gasteiger partial charge in [-0.1, -0.05) is 40.3 Å². The monoisotopic (exact) mass is 171 g/mol. The SMILES string of the molecule is C=C/C(C)=C\N(C)C.CC.CC. The van der Waals surface area contributed by atoms with Crippen LogP contribution >= 0.6 is 0 Å². The molecule has 0 aliphatic rings. The normalized spacial score (nSPS) is 8.42. The lowest BCUT2D eigenvalue weighted by Crippen LogP contribution is -2.00. The molecule has 0 fully saturated rings. The van der Waals surface area contributed by atoms with Gasteiger partial charge in [0.2, 0.25) is 0 Å². The summed E-state index contributed by atoms with van der Waals surface area (Å²) >= 11 is 0. The second-order valence-corrected chi connectivity index (χ2v) is 2.04. The van der Waals surface area contributed by atoms with Crippen molar-refractivity contribution in [2.75, 3.05) is 14.1 Å². The molecular formula is C11H25N. The van der Waals surface area contributed by atoms with Crippen molar-refractivity contribution >= 4 is 0 Å². The maximum absolute atomic E-state index is 3.62. The summed E-state index contributed by atoms with van der Waals surface area (Å²) < 4.78 is 0. The Bertz CT molecular complexity index is 102. The Morgan fingerprint density at radius 2 is 1.42 bits per heavy atom. The van der Waals surface area contributed by atoms with E-state index >= 15 is 0 Å². The van der Waals surface area contributed by atoms with Crippen molar-refractivity contribution in [3.63, 3.8) is 0 Å². The van der Waals surface area contributed by atoms with E-state index in [9.17, 15) is 0 Å². The molecule has 0 aliphatic carbocycles. The van der Waals surface area contributed by atoms with Crippen LogP contribution in [0.15, 0.2) is 24.4 Å². The molecule has 0 bridgehead atoms. The first-order valence-electron chi connectivity index (χ1n) is 4.64. The molecule has 74 valence electrons. The van der Waals surface area contributed by atoms with Crippen molar-refractivity contribution in [3.8, 4) is 0 Å². The fourth-order valence-electron chi connectivity index (χ4n) is 0.460. The van der Waals surface area contributed by atoms with Crippen molar-refractivity contribution in [2.45, 2.75) is 34.6 Å². The third-order valence-electron chi connectivity index (χ3n) is 0.784. The zero-order valence-electron chi connectivity index (χ0n) is 9.81. The van der Waals surface area contributed by atoms with Gasteiger partial charge in [0, 0.05) is 20.3 Å². The Hall–Kier alpha value is -0.720. The van der Waals surface area contributed by atoms with E-state index < -0.39 is 0 Å². The van der Waals surface area contributed by atoms with Crippen LogP contribution in [0.2, 0.25) is 0 Å². The molecule has 0 saturated carbocycles. The Kier molecular flexibility index (Phi) is 24.2. The second-order valence-electron chi connectivity index (χ2n) is 2.04. The van der Waals surface area contributed by atoms with Crippen LogP contribution in [-0.4, -0.2) is 19.0 Å². The summed E-state index contributed by atoms with van der Waals surface area (Å²) in [6.07, 6.45) is 3.85. The van der Waals surface area contributed by atoms with Crippen LogP contribution in [0.25, 0.3) is 0 Å². The molecule has 12 heavy (non-hydrogen) atoms. The van der Waals surface area contributed by atoms with Gasteiger partial charge in [0.1, 0.15) is 0 Å². The van der Waals surface area contributed by atoms with E-state index in [4.69, 9.17) is 0 Å². The van der Waals surface area contributed by atoms with Crippen LogP contribution in [0.3, 0.4) is 0 Å². The lowest BCUT2D eigenvalue weighted by atomic mass is 10.3. The van der Waals surface area contributed by atoms with Gasteiger partial charge in [0.25, 0.3) is 0 Å². The molecule has 0 aromatic carbocycles. The topological polar surface area (TPSA) is 3.24 Å². The fraction of sp³-hybridized carbons (Fsp3) is 0.636. The maximum atomic E-state index is 3.62. The summed E-state index contributed by atoms with van der Waals surface area (Å²) in [6, 6.07) is 0. The van der Waals surface area contributed by atoms with Crippen molar-refractivity contribution in [2.24, 2.45) is 0 Å². The van der Waals surface area contributed by atoms with Crippen LogP contribution in [0, 0.1) is 0 Å². The molecule has 0 N–H and O–H groups in total. The van der Waals surface area contributed by atoms with E-state index in [0.717, 1.165) is 0 Å². The predicted octanol–water partition coefficient (Wildman–Crippen LogP) is 3.69. The summed E-state index contributed by atoms with van der Waals surface area (Å²) in [6.45, 7) is 13.6. The van der Waals surface area contributed by atoms with Gasteiger partial charge < -0.3 is 4.90 Å². The summed E-state index contributed by atoms with van der Waals surface area (Å²) in [5, 5.41) is 0. The van der Waals surface area contributed by atoms with Crippen LogP contribution < -0.4 is 0 Å². The van der Waals surface area contributed by atoms with Gasteiger partial charge >= 0.3 is 0 Å². The molecule has 0 amide bonds. The zero-order valence-corrected chi connectivity index (χ0v) is 9.81. The number of nitrogens with zero attached hydrogens (tertiary/aromatic N) is 1. The average molecular weight is 171 g/mol. The molecule has 0 heterocycles. The Balaban J connectivity index is -0.000000175. The molecule has 0 rings (SSSR count). The Labute approximate surface area is 78.8 Å². The highest BCUT2D eigenvalue weighted by molar-refractivity contribution is 5.11.